The molecule has 0 radical (unpaired) electrons. The lowest BCUT2D eigenvalue weighted by atomic mass is 10.1. The number of hydrogen-bond acceptors (Lipinski definition) is 3. The summed E-state index contributed by atoms with van der Waals surface area (Å²) in [7, 11) is 0. The van der Waals surface area contributed by atoms with Gasteiger partial charge in [-0.15, -0.1) is 24.8 Å². The quantitative estimate of drug-likeness (QED) is 0.865. The molecule has 2 fully saturated rings. The maximum atomic E-state index is 11.8. The zero-order valence-electron chi connectivity index (χ0n) is 9.96. The molecule has 0 saturated carbocycles. The third kappa shape index (κ3) is 2.79. The van der Waals surface area contributed by atoms with Crippen LogP contribution in [0.1, 0.15) is 18.7 Å². The maximum absolute atomic E-state index is 11.8. The molecule has 0 spiro atoms. The minimum atomic E-state index is 0. The molecule has 5 nitrogen and oxygen atoms in total. The summed E-state index contributed by atoms with van der Waals surface area (Å²) in [6.07, 6.45) is 6.15. The highest BCUT2D eigenvalue weighted by atomic mass is 35.5. The van der Waals surface area contributed by atoms with E-state index in [1.165, 1.54) is 0 Å². The van der Waals surface area contributed by atoms with Crippen LogP contribution in [0.2, 0.25) is 0 Å². The van der Waals surface area contributed by atoms with Crippen molar-refractivity contribution in [1.29, 1.82) is 0 Å². The highest BCUT2D eigenvalue weighted by molar-refractivity contribution is 5.85. The van der Waals surface area contributed by atoms with Crippen molar-refractivity contribution in [3.05, 3.63) is 18.2 Å². The van der Waals surface area contributed by atoms with E-state index in [-0.39, 0.29) is 30.7 Å². The summed E-state index contributed by atoms with van der Waals surface area (Å²) in [4.78, 5) is 21.1. The Balaban J connectivity index is 0.000000810. The fourth-order valence-corrected chi connectivity index (χ4v) is 2.78. The molecule has 1 aromatic heterocycles. The average Bonchev–Trinajstić information content (AvgIpc) is 2.92. The highest BCUT2D eigenvalue weighted by Crippen LogP contribution is 2.25. The Morgan fingerprint density at radius 1 is 1.44 bits per heavy atom. The van der Waals surface area contributed by atoms with Gasteiger partial charge >= 0.3 is 0 Å². The molecule has 102 valence electrons. The predicted octanol–water partition coefficient (Wildman–Crippen LogP) is 0.759. The molecule has 2 atom stereocenters. The number of aromatic nitrogens is 2. The van der Waals surface area contributed by atoms with Crippen LogP contribution in [0.4, 0.5) is 0 Å². The minimum Gasteiger partial charge on any atom is -0.349 e. The Morgan fingerprint density at radius 2 is 2.28 bits per heavy atom. The number of fused-ring (bicyclic) bond motifs is 1. The van der Waals surface area contributed by atoms with Gasteiger partial charge in [0.2, 0.25) is 5.91 Å². The lowest BCUT2D eigenvalue weighted by Crippen LogP contribution is -2.37. The van der Waals surface area contributed by atoms with Gasteiger partial charge in [0.05, 0.1) is 0 Å². The monoisotopic (exact) mass is 292 g/mol. The van der Waals surface area contributed by atoms with Gasteiger partial charge in [-0.2, -0.15) is 0 Å². The minimum absolute atomic E-state index is 0. The van der Waals surface area contributed by atoms with Crippen molar-refractivity contribution >= 4 is 30.7 Å². The summed E-state index contributed by atoms with van der Waals surface area (Å²) in [5, 5.41) is 3.39. The summed E-state index contributed by atoms with van der Waals surface area (Å²) in [5.74, 6) is 1.25. The fourth-order valence-electron chi connectivity index (χ4n) is 2.78. The smallest absolute Gasteiger partial charge is 0.224 e. The topological polar surface area (TPSA) is 61.0 Å². The summed E-state index contributed by atoms with van der Waals surface area (Å²) in [6.45, 7) is 1.83. The van der Waals surface area contributed by atoms with Crippen LogP contribution in [-0.4, -0.2) is 45.9 Å². The third-order valence-electron chi connectivity index (χ3n) is 3.57. The molecule has 7 heteroatoms. The van der Waals surface area contributed by atoms with Crippen molar-refractivity contribution in [1.82, 2.24) is 20.2 Å². The number of carbonyl (C=O) groups is 1. The number of carbonyl (C=O) groups excluding carboxylic acids is 1. The van der Waals surface area contributed by atoms with E-state index in [0.717, 1.165) is 31.8 Å². The first-order valence-corrected chi connectivity index (χ1v) is 5.86. The molecule has 2 saturated heterocycles. The fraction of sp³-hybridized carbons (Fsp3) is 0.636. The van der Waals surface area contributed by atoms with Crippen LogP contribution in [0.3, 0.4) is 0 Å². The van der Waals surface area contributed by atoms with Gasteiger partial charge in [0, 0.05) is 43.9 Å². The largest absolute Gasteiger partial charge is 0.349 e. The van der Waals surface area contributed by atoms with E-state index in [1.807, 2.05) is 11.1 Å². The van der Waals surface area contributed by atoms with Crippen LogP contribution in [-0.2, 0) is 11.2 Å². The molecule has 2 N–H and O–H groups in total. The molecule has 3 rings (SSSR count). The summed E-state index contributed by atoms with van der Waals surface area (Å²) >= 11 is 0. The molecule has 2 aliphatic heterocycles. The Hall–Kier alpha value is -0.780. The molecule has 0 bridgehead atoms. The van der Waals surface area contributed by atoms with Gasteiger partial charge in [-0.1, -0.05) is 0 Å². The molecule has 0 aromatic carbocycles. The van der Waals surface area contributed by atoms with E-state index in [1.54, 1.807) is 6.20 Å². The number of hydrogen-bond donors (Lipinski definition) is 2. The second-order valence-corrected chi connectivity index (χ2v) is 4.49. The van der Waals surface area contributed by atoms with Crippen molar-refractivity contribution in [2.24, 2.45) is 0 Å². The van der Waals surface area contributed by atoms with Crippen molar-refractivity contribution < 1.29 is 4.79 Å². The van der Waals surface area contributed by atoms with Gasteiger partial charge < -0.3 is 15.2 Å². The molecule has 0 aliphatic carbocycles. The van der Waals surface area contributed by atoms with E-state index < -0.39 is 0 Å². The number of aromatic amines is 1. The predicted molar refractivity (Wildman–Crippen MR) is 73.3 cm³/mol. The van der Waals surface area contributed by atoms with Crippen LogP contribution in [0.5, 0.6) is 0 Å². The summed E-state index contributed by atoms with van der Waals surface area (Å²) in [6, 6.07) is 0.812. The second kappa shape index (κ2) is 6.41. The lowest BCUT2D eigenvalue weighted by Gasteiger charge is -2.22. The molecule has 1 aromatic rings. The number of likely N-dealkylation sites (tertiary alicyclic amines) is 1. The summed E-state index contributed by atoms with van der Waals surface area (Å²) in [5.41, 5.74) is 0. The molecule has 2 aliphatic rings. The first-order chi connectivity index (χ1) is 7.84. The van der Waals surface area contributed by atoms with Crippen LogP contribution in [0.25, 0.3) is 0 Å². The number of rotatable bonds is 3. The van der Waals surface area contributed by atoms with E-state index in [4.69, 9.17) is 0 Å². The number of amides is 1. The second-order valence-electron chi connectivity index (χ2n) is 4.49. The van der Waals surface area contributed by atoms with Gasteiger partial charge in [0.1, 0.15) is 5.82 Å². The Bertz CT molecular complexity index is 384. The Morgan fingerprint density at radius 3 is 3.00 bits per heavy atom. The molecular weight excluding hydrogens is 275 g/mol. The molecule has 3 heterocycles. The van der Waals surface area contributed by atoms with Crippen molar-refractivity contribution in [3.63, 3.8) is 0 Å². The molecule has 0 unspecified atom stereocenters. The lowest BCUT2D eigenvalue weighted by molar-refractivity contribution is -0.129. The van der Waals surface area contributed by atoms with E-state index in [0.29, 0.717) is 18.5 Å². The highest BCUT2D eigenvalue weighted by Gasteiger charge is 2.41. The third-order valence-corrected chi connectivity index (χ3v) is 3.57. The number of nitrogens with one attached hydrogen (secondary N) is 2. The van der Waals surface area contributed by atoms with E-state index >= 15 is 0 Å². The number of halogens is 2. The van der Waals surface area contributed by atoms with Crippen LogP contribution in [0, 0.1) is 0 Å². The van der Waals surface area contributed by atoms with Gasteiger partial charge in [-0.3, -0.25) is 4.79 Å². The van der Waals surface area contributed by atoms with Gasteiger partial charge in [0.15, 0.2) is 0 Å². The van der Waals surface area contributed by atoms with Crippen molar-refractivity contribution in [2.45, 2.75) is 31.3 Å². The Kier molecular flexibility index (Phi) is 5.44. The molecule has 1 amide bonds. The van der Waals surface area contributed by atoms with Gasteiger partial charge in [-0.25, -0.2) is 4.98 Å². The zero-order chi connectivity index (χ0) is 11.0. The average molecular weight is 293 g/mol. The SMILES string of the molecule is Cl.Cl.O=C1C[C@H]2NCC[C@H]2N1CCc1ncc[nH]1. The standard InChI is InChI=1S/C11H16N4O.2ClH/c16-11-7-8-9(1-3-12-8)15(11)6-2-10-13-4-5-14-10;;/h4-5,8-9,12H,1-3,6-7H2,(H,13,14);2*1H/t8-,9-;;/m1../s1. The van der Waals surface area contributed by atoms with E-state index in [2.05, 4.69) is 15.3 Å². The summed E-state index contributed by atoms with van der Waals surface area (Å²) < 4.78 is 0. The van der Waals surface area contributed by atoms with Crippen LogP contribution >= 0.6 is 24.8 Å². The maximum Gasteiger partial charge on any atom is 0.224 e. The van der Waals surface area contributed by atoms with Crippen LogP contribution in [0.15, 0.2) is 12.4 Å². The van der Waals surface area contributed by atoms with Crippen LogP contribution < -0.4 is 5.32 Å². The Labute approximate surface area is 119 Å². The van der Waals surface area contributed by atoms with Gasteiger partial charge in [0.25, 0.3) is 0 Å². The number of H-pyrrole nitrogens is 1. The normalized spacial score (nSPS) is 25.6. The first-order valence-electron chi connectivity index (χ1n) is 5.86. The van der Waals surface area contributed by atoms with Crippen molar-refractivity contribution in [2.75, 3.05) is 13.1 Å². The van der Waals surface area contributed by atoms with E-state index in [9.17, 15) is 4.79 Å². The first kappa shape index (κ1) is 15.3. The number of nitrogens with zero attached hydrogens (tertiary/aromatic N) is 2. The van der Waals surface area contributed by atoms with Gasteiger partial charge in [-0.05, 0) is 13.0 Å². The number of imidazole rings is 1. The van der Waals surface area contributed by atoms with Crippen molar-refractivity contribution in [3.8, 4) is 0 Å². The molecule has 18 heavy (non-hydrogen) atoms. The molecular formula is C11H18Cl2N4O. The zero-order valence-corrected chi connectivity index (χ0v) is 11.6.